The number of hydrogen-bond acceptors (Lipinski definition) is 3. The zero-order valence-corrected chi connectivity index (χ0v) is 12.4. The van der Waals surface area contributed by atoms with Crippen LogP contribution in [0.5, 0.6) is 0 Å². The summed E-state index contributed by atoms with van der Waals surface area (Å²) in [7, 11) is 1.73. The van der Waals surface area contributed by atoms with Gasteiger partial charge in [-0.25, -0.2) is 0 Å². The summed E-state index contributed by atoms with van der Waals surface area (Å²) in [5, 5.41) is 0. The Bertz CT molecular complexity index is 471. The van der Waals surface area contributed by atoms with Crippen LogP contribution >= 0.6 is 12.4 Å². The van der Waals surface area contributed by atoms with E-state index in [0.29, 0.717) is 13.1 Å². The molecule has 0 spiro atoms. The van der Waals surface area contributed by atoms with E-state index >= 15 is 0 Å². The predicted molar refractivity (Wildman–Crippen MR) is 78.4 cm³/mol. The van der Waals surface area contributed by atoms with Gasteiger partial charge in [0.25, 0.3) is 5.56 Å². The minimum atomic E-state index is -0.169. The number of amides is 1. The van der Waals surface area contributed by atoms with Gasteiger partial charge in [-0.05, 0) is 18.0 Å². The van der Waals surface area contributed by atoms with E-state index < -0.39 is 0 Å². The maximum absolute atomic E-state index is 12.0. The molecule has 1 aromatic rings. The van der Waals surface area contributed by atoms with Gasteiger partial charge in [-0.15, -0.1) is 12.4 Å². The molecular formula is C13H22ClN3O2. The normalized spacial score (nSPS) is 10.7. The highest BCUT2D eigenvalue weighted by molar-refractivity contribution is 5.85. The monoisotopic (exact) mass is 287 g/mol. The first kappa shape index (κ1) is 17.7. The molecule has 6 heteroatoms. The molecule has 0 aliphatic rings. The fourth-order valence-corrected chi connectivity index (χ4v) is 1.65. The summed E-state index contributed by atoms with van der Waals surface area (Å²) in [6.45, 7) is 5.16. The van der Waals surface area contributed by atoms with E-state index in [9.17, 15) is 9.59 Å². The lowest BCUT2D eigenvalue weighted by Crippen LogP contribution is -2.41. The highest BCUT2D eigenvalue weighted by atomic mass is 35.5. The van der Waals surface area contributed by atoms with E-state index in [4.69, 9.17) is 5.73 Å². The smallest absolute Gasteiger partial charge is 0.250 e. The number of pyridine rings is 1. The van der Waals surface area contributed by atoms with Crippen LogP contribution in [-0.4, -0.2) is 35.5 Å². The van der Waals surface area contributed by atoms with Crippen LogP contribution in [0.1, 0.15) is 13.8 Å². The molecule has 0 radical (unpaired) electrons. The van der Waals surface area contributed by atoms with Crippen molar-refractivity contribution in [2.24, 2.45) is 11.1 Å². The molecule has 0 saturated heterocycles. The second-order valence-corrected chi connectivity index (χ2v) is 5.28. The first-order valence-corrected chi connectivity index (χ1v) is 5.95. The molecule has 108 valence electrons. The van der Waals surface area contributed by atoms with Gasteiger partial charge < -0.3 is 15.2 Å². The van der Waals surface area contributed by atoms with E-state index in [1.807, 2.05) is 13.8 Å². The molecule has 0 aromatic carbocycles. The van der Waals surface area contributed by atoms with E-state index in [-0.39, 0.29) is 35.8 Å². The van der Waals surface area contributed by atoms with Gasteiger partial charge in [0, 0.05) is 25.9 Å². The number of rotatable bonds is 5. The van der Waals surface area contributed by atoms with E-state index in [2.05, 4.69) is 0 Å². The van der Waals surface area contributed by atoms with Gasteiger partial charge >= 0.3 is 0 Å². The second-order valence-electron chi connectivity index (χ2n) is 5.28. The first-order chi connectivity index (χ1) is 8.35. The highest BCUT2D eigenvalue weighted by Gasteiger charge is 2.21. The Morgan fingerprint density at radius 1 is 1.42 bits per heavy atom. The SMILES string of the molecule is CN(CC(C)(C)CN)C(=O)Cn1ccccc1=O.Cl. The Labute approximate surface area is 119 Å². The Hall–Kier alpha value is -1.33. The molecule has 19 heavy (non-hydrogen) atoms. The molecule has 2 N–H and O–H groups in total. The average molecular weight is 288 g/mol. The molecule has 0 bridgehead atoms. The van der Waals surface area contributed by atoms with E-state index in [1.165, 1.54) is 10.6 Å². The third-order valence-corrected chi connectivity index (χ3v) is 2.85. The van der Waals surface area contributed by atoms with Crippen molar-refractivity contribution in [3.05, 3.63) is 34.7 Å². The quantitative estimate of drug-likeness (QED) is 0.867. The summed E-state index contributed by atoms with van der Waals surface area (Å²) < 4.78 is 1.40. The summed E-state index contributed by atoms with van der Waals surface area (Å²) in [4.78, 5) is 25.1. The maximum Gasteiger partial charge on any atom is 0.250 e. The number of halogens is 1. The van der Waals surface area contributed by atoms with Crippen molar-refractivity contribution in [1.82, 2.24) is 9.47 Å². The van der Waals surface area contributed by atoms with Gasteiger partial charge in [0.2, 0.25) is 5.91 Å². The van der Waals surface area contributed by atoms with E-state index in [0.717, 1.165) is 0 Å². The summed E-state index contributed by atoms with van der Waals surface area (Å²) in [6, 6.07) is 4.83. The van der Waals surface area contributed by atoms with Crippen LogP contribution in [0.4, 0.5) is 0 Å². The zero-order valence-electron chi connectivity index (χ0n) is 11.6. The molecule has 1 heterocycles. The third-order valence-electron chi connectivity index (χ3n) is 2.85. The minimum Gasteiger partial charge on any atom is -0.344 e. The predicted octanol–water partition coefficient (Wildman–Crippen LogP) is 0.713. The lowest BCUT2D eigenvalue weighted by molar-refractivity contribution is -0.131. The van der Waals surface area contributed by atoms with Crippen LogP contribution in [0, 0.1) is 5.41 Å². The summed E-state index contributed by atoms with van der Waals surface area (Å²) in [5.74, 6) is -0.0928. The average Bonchev–Trinajstić information content (AvgIpc) is 2.31. The zero-order chi connectivity index (χ0) is 13.8. The van der Waals surface area contributed by atoms with Crippen molar-refractivity contribution in [1.29, 1.82) is 0 Å². The number of carbonyl (C=O) groups excluding carboxylic acids is 1. The van der Waals surface area contributed by atoms with Gasteiger partial charge in [0.15, 0.2) is 0 Å². The molecule has 0 fully saturated rings. The Morgan fingerprint density at radius 3 is 2.58 bits per heavy atom. The van der Waals surface area contributed by atoms with Crippen LogP contribution in [0.3, 0.4) is 0 Å². The van der Waals surface area contributed by atoms with E-state index in [1.54, 1.807) is 30.3 Å². The Morgan fingerprint density at radius 2 is 2.05 bits per heavy atom. The van der Waals surface area contributed by atoms with Crippen molar-refractivity contribution in [2.75, 3.05) is 20.1 Å². The van der Waals surface area contributed by atoms with Crippen LogP contribution in [-0.2, 0) is 11.3 Å². The molecule has 5 nitrogen and oxygen atoms in total. The standard InChI is InChI=1S/C13H21N3O2.ClH/c1-13(2,9-14)10-15(3)12(18)8-16-7-5-4-6-11(16)17;/h4-7H,8-10,14H2,1-3H3;1H. The molecule has 0 aliphatic heterocycles. The number of likely N-dealkylation sites (N-methyl/N-ethyl adjacent to an activating group) is 1. The maximum atomic E-state index is 12.0. The van der Waals surface area contributed by atoms with Gasteiger partial charge in [0.05, 0.1) is 0 Å². The topological polar surface area (TPSA) is 68.3 Å². The number of carbonyl (C=O) groups is 1. The molecule has 1 amide bonds. The number of aromatic nitrogens is 1. The van der Waals surface area contributed by atoms with Crippen molar-refractivity contribution >= 4 is 18.3 Å². The van der Waals surface area contributed by atoms with Gasteiger partial charge in [-0.2, -0.15) is 0 Å². The third kappa shape index (κ3) is 5.44. The fraction of sp³-hybridized carbons (Fsp3) is 0.538. The second kappa shape index (κ2) is 7.31. The molecule has 0 unspecified atom stereocenters. The largest absolute Gasteiger partial charge is 0.344 e. The lowest BCUT2D eigenvalue weighted by atomic mass is 9.93. The first-order valence-electron chi connectivity index (χ1n) is 5.95. The number of hydrogen-bond donors (Lipinski definition) is 1. The number of nitrogens with zero attached hydrogens (tertiary/aromatic N) is 2. The lowest BCUT2D eigenvalue weighted by Gasteiger charge is -2.29. The Balaban J connectivity index is 0.00000324. The van der Waals surface area contributed by atoms with Gasteiger partial charge in [-0.3, -0.25) is 9.59 Å². The minimum absolute atomic E-state index is 0. The highest BCUT2D eigenvalue weighted by Crippen LogP contribution is 2.13. The molecular weight excluding hydrogens is 266 g/mol. The van der Waals surface area contributed by atoms with Crippen LogP contribution < -0.4 is 11.3 Å². The van der Waals surface area contributed by atoms with Gasteiger partial charge in [-0.1, -0.05) is 19.9 Å². The van der Waals surface area contributed by atoms with Crippen molar-refractivity contribution in [2.45, 2.75) is 20.4 Å². The van der Waals surface area contributed by atoms with Crippen LogP contribution in [0.25, 0.3) is 0 Å². The molecule has 0 atom stereocenters. The Kier molecular flexibility index (Phi) is 6.79. The fourth-order valence-electron chi connectivity index (χ4n) is 1.65. The van der Waals surface area contributed by atoms with Crippen molar-refractivity contribution < 1.29 is 4.79 Å². The van der Waals surface area contributed by atoms with Crippen molar-refractivity contribution in [3.63, 3.8) is 0 Å². The molecule has 0 aliphatic carbocycles. The summed E-state index contributed by atoms with van der Waals surface area (Å²) >= 11 is 0. The molecule has 0 saturated carbocycles. The summed E-state index contributed by atoms with van der Waals surface area (Å²) in [5.41, 5.74) is 5.35. The summed E-state index contributed by atoms with van der Waals surface area (Å²) in [6.07, 6.45) is 1.61. The number of nitrogens with two attached hydrogens (primary N) is 1. The van der Waals surface area contributed by atoms with Crippen molar-refractivity contribution in [3.8, 4) is 0 Å². The van der Waals surface area contributed by atoms with Crippen LogP contribution in [0.2, 0.25) is 0 Å². The molecule has 1 aromatic heterocycles. The van der Waals surface area contributed by atoms with Crippen LogP contribution in [0.15, 0.2) is 29.2 Å². The molecule has 1 rings (SSSR count). The van der Waals surface area contributed by atoms with Gasteiger partial charge in [0.1, 0.15) is 6.54 Å².